The number of rotatable bonds is 36. The molecule has 0 aliphatic carbocycles. The van der Waals surface area contributed by atoms with Crippen molar-refractivity contribution in [2.45, 2.75) is 158 Å². The second-order valence-corrected chi connectivity index (χ2v) is 16.5. The number of aliphatic carboxylic acids is 1. The fourth-order valence-electron chi connectivity index (χ4n) is 7.31. The van der Waals surface area contributed by atoms with Crippen LogP contribution < -0.4 is 78.2 Å². The molecular formula is C41H81N17O8. The highest BCUT2D eigenvalue weighted by Gasteiger charge is 2.39. The summed E-state index contributed by atoms with van der Waals surface area (Å²) in [6.45, 7) is 1.85. The first kappa shape index (κ1) is 58.6. The normalized spacial score (nSPS) is 16.1. The third-order valence-electron chi connectivity index (χ3n) is 11.0. The Balaban J connectivity index is 3.41. The van der Waals surface area contributed by atoms with Gasteiger partial charge in [-0.05, 0) is 135 Å². The van der Waals surface area contributed by atoms with E-state index >= 15 is 0 Å². The third-order valence-corrected chi connectivity index (χ3v) is 11.0. The standard InChI is InChI=1S/C41H81N17O8/c42-19-5-1-12-26(46)33(59)53-27(13-2-6-20-43)34(60)54-28(14-3-7-21-44)35(61)55-29(15-4-8-22-45)36(62)56-30(16-9-23-51-40(47)48)38(64)58-25-11-18-32(58)37(63)57-31(39(65)66)17-10-24-52-41(49)50/h26-32H,1-25,42-46H2,(H,53,59)(H,54,60)(H,55,61)(H,56,62)(H,57,63)(H,65,66)(H4,47,48,51)(H4,49,50,52)/t26-,27-,28-,29-,30-,31-,32-/m0/s1. The summed E-state index contributed by atoms with van der Waals surface area (Å²) in [7, 11) is 0. The maximum absolute atomic E-state index is 14.3. The molecule has 24 N–H and O–H groups in total. The molecule has 0 spiro atoms. The van der Waals surface area contributed by atoms with Gasteiger partial charge in [-0.2, -0.15) is 0 Å². The maximum Gasteiger partial charge on any atom is 0.326 e. The topological polar surface area (TPSA) is 462 Å². The number of hydrogen-bond donors (Lipinski definition) is 15. The molecule has 0 radical (unpaired) electrons. The third kappa shape index (κ3) is 23.7. The molecule has 0 unspecified atom stereocenters. The highest BCUT2D eigenvalue weighted by molar-refractivity contribution is 5.97. The number of nitrogens with two attached hydrogens (primary N) is 9. The van der Waals surface area contributed by atoms with E-state index in [4.69, 9.17) is 51.6 Å². The van der Waals surface area contributed by atoms with E-state index < -0.39 is 83.7 Å². The Morgan fingerprint density at radius 3 is 1.30 bits per heavy atom. The van der Waals surface area contributed by atoms with Crippen LogP contribution in [0.5, 0.6) is 0 Å². The minimum Gasteiger partial charge on any atom is -0.480 e. The Hall–Kier alpha value is -5.37. The van der Waals surface area contributed by atoms with Crippen molar-refractivity contribution < 1.29 is 38.7 Å². The number of carbonyl (C=O) groups is 7. The number of likely N-dealkylation sites (tertiary alicyclic amines) is 1. The molecule has 25 nitrogen and oxygen atoms in total. The molecule has 6 amide bonds. The minimum atomic E-state index is -1.28. The Morgan fingerprint density at radius 2 is 0.894 bits per heavy atom. The van der Waals surface area contributed by atoms with Gasteiger partial charge in [0.2, 0.25) is 35.4 Å². The van der Waals surface area contributed by atoms with Crippen LogP contribution in [0.1, 0.15) is 116 Å². The average molecular weight is 940 g/mol. The zero-order chi connectivity index (χ0) is 49.4. The Bertz CT molecular complexity index is 1560. The quantitative estimate of drug-likeness (QED) is 0.0160. The molecular weight excluding hydrogens is 859 g/mol. The first-order chi connectivity index (χ1) is 31.5. The SMILES string of the molecule is NCCCC[C@H](NC(=O)[C@H](CCCCN)NC(=O)[C@@H](N)CCCCN)C(=O)N[C@@H](CCCCN)C(=O)N[C@@H](CCCN=C(N)N)C(=O)N1CCC[C@H]1C(=O)N[C@@H](CCCN=C(N)N)C(=O)O. The van der Waals surface area contributed by atoms with E-state index in [0.29, 0.717) is 90.4 Å². The van der Waals surface area contributed by atoms with Crippen LogP contribution in [0, 0.1) is 0 Å². The minimum absolute atomic E-state index is 0.0213. The Morgan fingerprint density at radius 1 is 0.515 bits per heavy atom. The molecule has 1 heterocycles. The van der Waals surface area contributed by atoms with Crippen molar-refractivity contribution in [1.29, 1.82) is 0 Å². The van der Waals surface area contributed by atoms with Gasteiger partial charge in [0.05, 0.1) is 6.04 Å². The molecule has 1 saturated heterocycles. The van der Waals surface area contributed by atoms with Crippen molar-refractivity contribution in [2.75, 3.05) is 45.8 Å². The van der Waals surface area contributed by atoms with Crippen LogP contribution in [0.3, 0.4) is 0 Å². The molecule has 378 valence electrons. The van der Waals surface area contributed by atoms with Gasteiger partial charge in [0.25, 0.3) is 0 Å². The van der Waals surface area contributed by atoms with Gasteiger partial charge in [-0.1, -0.05) is 6.42 Å². The molecule has 0 aromatic carbocycles. The molecule has 1 fully saturated rings. The number of unbranched alkanes of at least 4 members (excludes halogenated alkanes) is 4. The number of nitrogens with one attached hydrogen (secondary N) is 5. The molecule has 1 rings (SSSR count). The van der Waals surface area contributed by atoms with E-state index in [-0.39, 0.29) is 82.9 Å². The summed E-state index contributed by atoms with van der Waals surface area (Å²) in [5.41, 5.74) is 50.7. The van der Waals surface area contributed by atoms with Gasteiger partial charge >= 0.3 is 5.97 Å². The second kappa shape index (κ2) is 34.0. The lowest BCUT2D eigenvalue weighted by molar-refractivity contribution is -0.145. The van der Waals surface area contributed by atoms with E-state index in [1.54, 1.807) is 0 Å². The van der Waals surface area contributed by atoms with Crippen LogP contribution in [0.2, 0.25) is 0 Å². The first-order valence-electron chi connectivity index (χ1n) is 23.2. The zero-order valence-corrected chi connectivity index (χ0v) is 38.6. The molecule has 1 aliphatic rings. The van der Waals surface area contributed by atoms with Gasteiger partial charge < -0.3 is 88.2 Å². The van der Waals surface area contributed by atoms with Gasteiger partial charge in [-0.25, -0.2) is 4.79 Å². The van der Waals surface area contributed by atoms with Crippen LogP contribution in [0.15, 0.2) is 9.98 Å². The van der Waals surface area contributed by atoms with E-state index in [1.165, 1.54) is 4.90 Å². The van der Waals surface area contributed by atoms with Gasteiger partial charge in [0.1, 0.15) is 36.3 Å². The zero-order valence-electron chi connectivity index (χ0n) is 38.6. The highest BCUT2D eigenvalue weighted by atomic mass is 16.4. The van der Waals surface area contributed by atoms with Crippen LogP contribution in [0.4, 0.5) is 0 Å². The predicted molar refractivity (Wildman–Crippen MR) is 251 cm³/mol. The number of carboxylic acid groups (broad SMARTS) is 1. The molecule has 66 heavy (non-hydrogen) atoms. The summed E-state index contributed by atoms with van der Waals surface area (Å²) < 4.78 is 0. The van der Waals surface area contributed by atoms with E-state index in [9.17, 15) is 38.7 Å². The number of carbonyl (C=O) groups excluding carboxylic acids is 6. The summed E-state index contributed by atoms with van der Waals surface area (Å²) in [6.07, 6.45) is 6.35. The summed E-state index contributed by atoms with van der Waals surface area (Å²) in [5.74, 6) is -5.43. The van der Waals surface area contributed by atoms with Gasteiger partial charge in [-0.15, -0.1) is 0 Å². The average Bonchev–Trinajstić information content (AvgIpc) is 3.77. The van der Waals surface area contributed by atoms with E-state index in [0.717, 1.165) is 0 Å². The van der Waals surface area contributed by atoms with E-state index in [1.807, 2.05) is 0 Å². The van der Waals surface area contributed by atoms with Crippen molar-refractivity contribution in [3.63, 3.8) is 0 Å². The maximum atomic E-state index is 14.3. The molecule has 25 heteroatoms. The van der Waals surface area contributed by atoms with Gasteiger partial charge in [0, 0.05) is 19.6 Å². The lowest BCUT2D eigenvalue weighted by Crippen LogP contribution is -2.59. The number of amides is 6. The van der Waals surface area contributed by atoms with Crippen molar-refractivity contribution in [2.24, 2.45) is 61.6 Å². The number of nitrogens with zero attached hydrogens (tertiary/aromatic N) is 3. The largest absolute Gasteiger partial charge is 0.480 e. The lowest BCUT2D eigenvalue weighted by atomic mass is 10.0. The van der Waals surface area contributed by atoms with Gasteiger partial charge in [-0.3, -0.25) is 38.8 Å². The van der Waals surface area contributed by atoms with Crippen LogP contribution in [-0.2, 0) is 33.6 Å². The summed E-state index contributed by atoms with van der Waals surface area (Å²) >= 11 is 0. The molecule has 0 saturated carbocycles. The number of guanidine groups is 2. The lowest BCUT2D eigenvalue weighted by Gasteiger charge is -2.31. The Labute approximate surface area is 388 Å². The number of hydrogen-bond acceptors (Lipinski definition) is 14. The summed E-state index contributed by atoms with van der Waals surface area (Å²) in [6, 6.07) is -7.81. The highest BCUT2D eigenvalue weighted by Crippen LogP contribution is 2.21. The van der Waals surface area contributed by atoms with Crippen LogP contribution in [-0.4, -0.2) is 151 Å². The summed E-state index contributed by atoms with van der Waals surface area (Å²) in [5, 5.41) is 23.4. The molecule has 0 bridgehead atoms. The second-order valence-electron chi connectivity index (χ2n) is 16.5. The van der Waals surface area contributed by atoms with Crippen LogP contribution in [0.25, 0.3) is 0 Å². The van der Waals surface area contributed by atoms with Gasteiger partial charge in [0.15, 0.2) is 11.9 Å². The molecule has 0 aromatic rings. The van der Waals surface area contributed by atoms with Crippen molar-refractivity contribution >= 4 is 53.3 Å². The smallest absolute Gasteiger partial charge is 0.326 e. The first-order valence-corrected chi connectivity index (χ1v) is 23.2. The Kier molecular flexibility index (Phi) is 30.2. The molecule has 1 aliphatic heterocycles. The summed E-state index contributed by atoms with van der Waals surface area (Å²) in [4.78, 5) is 104. The predicted octanol–water partition coefficient (Wildman–Crippen LogP) is -4.56. The molecule has 7 atom stereocenters. The fraction of sp³-hybridized carbons (Fsp3) is 0.780. The van der Waals surface area contributed by atoms with Crippen molar-refractivity contribution in [3.05, 3.63) is 0 Å². The van der Waals surface area contributed by atoms with Crippen LogP contribution >= 0.6 is 0 Å². The van der Waals surface area contributed by atoms with Crippen molar-refractivity contribution in [1.82, 2.24) is 31.5 Å². The monoisotopic (exact) mass is 940 g/mol. The fourth-order valence-corrected chi connectivity index (χ4v) is 7.31. The number of carboxylic acids is 1. The molecule has 0 aromatic heterocycles. The number of aliphatic imine (C=N–C) groups is 2. The van der Waals surface area contributed by atoms with Crippen molar-refractivity contribution in [3.8, 4) is 0 Å². The van der Waals surface area contributed by atoms with E-state index in [2.05, 4.69) is 36.6 Å².